The lowest BCUT2D eigenvalue weighted by atomic mass is 9.13. The third kappa shape index (κ3) is 6.26. The van der Waals surface area contributed by atoms with Crippen LogP contribution in [0.3, 0.4) is 0 Å². The van der Waals surface area contributed by atoms with Gasteiger partial charge in [-0.25, -0.2) is 9.13 Å². The van der Waals surface area contributed by atoms with Gasteiger partial charge in [0.15, 0.2) is 0 Å². The van der Waals surface area contributed by atoms with Gasteiger partial charge in [-0.1, -0.05) is 144 Å². The number of hydrogen-bond donors (Lipinski definition) is 0. The zero-order valence-electron chi connectivity index (χ0n) is 25.7. The first-order valence-corrected chi connectivity index (χ1v) is 14.8. The zero-order chi connectivity index (χ0) is 30.2. The second-order valence-corrected chi connectivity index (χ2v) is 11.3. The Morgan fingerprint density at radius 1 is 0.558 bits per heavy atom. The Labute approximate surface area is 256 Å². The minimum atomic E-state index is -1.22. The maximum Gasteiger partial charge on any atom is 0.421 e. The summed E-state index contributed by atoms with van der Waals surface area (Å²) < 4.78 is 3.89. The number of nitrogens with zero attached hydrogens (tertiary/aromatic N) is 4. The molecule has 0 radical (unpaired) electrons. The van der Waals surface area contributed by atoms with Crippen molar-refractivity contribution in [2.24, 2.45) is 24.3 Å². The highest BCUT2D eigenvalue weighted by Gasteiger charge is 2.31. The molecule has 214 valence electrons. The minimum absolute atomic E-state index is 0.828. The first-order chi connectivity index (χ1) is 20.9. The van der Waals surface area contributed by atoms with Crippen LogP contribution >= 0.6 is 0 Å². The Balaban J connectivity index is 0.000000181. The largest absolute Gasteiger partial charge is 0.421 e. The average Bonchev–Trinajstić information content (AvgIpc) is 3.36. The van der Waals surface area contributed by atoms with Gasteiger partial charge in [-0.05, 0) is 31.9 Å². The summed E-state index contributed by atoms with van der Waals surface area (Å²) in [7, 11) is 3.92. The van der Waals surface area contributed by atoms with E-state index < -0.39 is 6.15 Å². The molecule has 0 aliphatic heterocycles. The predicted molar refractivity (Wildman–Crippen MR) is 181 cm³/mol. The van der Waals surface area contributed by atoms with Crippen molar-refractivity contribution in [3.05, 3.63) is 163 Å². The standard InChI is InChI=1S/C24H20B.C14H19N4/c1-5-13-21(14-6-1)25(22-15-7-2-8-16-22,23-17-9-3-10-18-23)24-19-11-4-12-20-24;1-10-8-11(2)13(12(3)9-10)15-16-14-17(4)6-7-18(14)5/h1-20H;6-9H,1-5H3/q-1;+1. The topological polar surface area (TPSA) is 33.5 Å². The Kier molecular flexibility index (Phi) is 9.12. The van der Waals surface area contributed by atoms with Crippen molar-refractivity contribution in [1.29, 1.82) is 0 Å². The molecule has 6 aromatic rings. The van der Waals surface area contributed by atoms with Gasteiger partial charge in [0.25, 0.3) is 0 Å². The van der Waals surface area contributed by atoms with E-state index in [1.807, 2.05) is 35.6 Å². The SMILES string of the molecule is Cc1cc(C)c(N=Nc2n(C)cc[n+]2C)c(C)c1.c1ccc([B-](c2ccccc2)(c2ccccc2)c2ccccc2)cc1. The summed E-state index contributed by atoms with van der Waals surface area (Å²) in [6, 6.07) is 47.8. The Hall–Kier alpha value is -5.03. The van der Waals surface area contributed by atoms with Crippen LogP contribution in [0.5, 0.6) is 0 Å². The van der Waals surface area contributed by atoms with Gasteiger partial charge in [-0.15, -0.1) is 0 Å². The molecule has 0 aliphatic rings. The van der Waals surface area contributed by atoms with Crippen molar-refractivity contribution in [3.63, 3.8) is 0 Å². The molecule has 0 fully saturated rings. The molecule has 0 aliphatic carbocycles. The van der Waals surface area contributed by atoms with Gasteiger partial charge >= 0.3 is 5.95 Å². The average molecular weight is 563 g/mol. The van der Waals surface area contributed by atoms with Crippen molar-refractivity contribution in [2.45, 2.75) is 20.8 Å². The van der Waals surface area contributed by atoms with Crippen LogP contribution in [-0.2, 0) is 14.1 Å². The van der Waals surface area contributed by atoms with Crippen LogP contribution < -0.4 is 26.4 Å². The van der Waals surface area contributed by atoms with Gasteiger partial charge in [-0.2, -0.15) is 21.9 Å². The monoisotopic (exact) mass is 562 g/mol. The molecule has 1 heterocycles. The molecule has 0 amide bonds. The second-order valence-electron chi connectivity index (χ2n) is 11.3. The Bertz CT molecular complexity index is 1590. The molecule has 0 spiro atoms. The molecule has 0 N–H and O–H groups in total. The third-order valence-corrected chi connectivity index (χ3v) is 8.22. The number of aryl methyl sites for hydroxylation is 5. The Morgan fingerprint density at radius 2 is 0.930 bits per heavy atom. The highest BCUT2D eigenvalue weighted by molar-refractivity contribution is 7.19. The number of aromatic nitrogens is 2. The van der Waals surface area contributed by atoms with Gasteiger partial charge in [0.05, 0.1) is 26.5 Å². The molecular formula is C38H39BN4. The predicted octanol–water partition coefficient (Wildman–Crippen LogP) is 6.25. The molecule has 6 rings (SSSR count). The summed E-state index contributed by atoms with van der Waals surface area (Å²) in [5, 5.41) is 8.73. The van der Waals surface area contributed by atoms with Crippen molar-refractivity contribution in [1.82, 2.24) is 4.57 Å². The van der Waals surface area contributed by atoms with E-state index in [-0.39, 0.29) is 0 Å². The summed E-state index contributed by atoms with van der Waals surface area (Å²) in [6.07, 6.45) is 2.71. The molecule has 0 saturated carbocycles. The fraction of sp³-hybridized carbons (Fsp3) is 0.132. The van der Waals surface area contributed by atoms with Crippen LogP contribution in [0.2, 0.25) is 0 Å². The van der Waals surface area contributed by atoms with E-state index in [9.17, 15) is 0 Å². The molecule has 4 nitrogen and oxygen atoms in total. The quantitative estimate of drug-likeness (QED) is 0.131. The van der Waals surface area contributed by atoms with Crippen LogP contribution in [-0.4, -0.2) is 10.7 Å². The van der Waals surface area contributed by atoms with Gasteiger partial charge < -0.3 is 0 Å². The molecule has 43 heavy (non-hydrogen) atoms. The zero-order valence-corrected chi connectivity index (χ0v) is 25.7. The highest BCUT2D eigenvalue weighted by Crippen LogP contribution is 2.26. The lowest BCUT2D eigenvalue weighted by Gasteiger charge is -2.44. The lowest BCUT2D eigenvalue weighted by molar-refractivity contribution is -0.657. The number of benzene rings is 5. The van der Waals surface area contributed by atoms with Crippen LogP contribution in [0.4, 0.5) is 11.6 Å². The van der Waals surface area contributed by atoms with E-state index in [1.54, 1.807) is 0 Å². The highest BCUT2D eigenvalue weighted by atomic mass is 15.3. The summed E-state index contributed by atoms with van der Waals surface area (Å²) in [5.74, 6) is 0.828. The maximum atomic E-state index is 4.39. The summed E-state index contributed by atoms with van der Waals surface area (Å²) in [5.41, 5.74) is 9.89. The molecular weight excluding hydrogens is 523 g/mol. The van der Waals surface area contributed by atoms with E-state index in [4.69, 9.17) is 0 Å². The molecule has 5 heteroatoms. The van der Waals surface area contributed by atoms with Crippen molar-refractivity contribution >= 4 is 39.6 Å². The number of imidazole rings is 1. The first kappa shape index (κ1) is 29.5. The fourth-order valence-electron chi connectivity index (χ4n) is 6.27. The van der Waals surface area contributed by atoms with E-state index in [0.29, 0.717) is 0 Å². The second kappa shape index (κ2) is 13.3. The van der Waals surface area contributed by atoms with Crippen LogP contribution in [0, 0.1) is 20.8 Å². The van der Waals surface area contributed by atoms with Gasteiger partial charge in [0.1, 0.15) is 11.8 Å². The van der Waals surface area contributed by atoms with Crippen molar-refractivity contribution in [3.8, 4) is 0 Å². The van der Waals surface area contributed by atoms with Crippen LogP contribution in [0.15, 0.2) is 156 Å². The van der Waals surface area contributed by atoms with Crippen LogP contribution in [0.25, 0.3) is 0 Å². The van der Waals surface area contributed by atoms with E-state index in [0.717, 1.165) is 22.8 Å². The lowest BCUT2D eigenvalue weighted by Crippen LogP contribution is -2.74. The number of rotatable bonds is 6. The van der Waals surface area contributed by atoms with Crippen LogP contribution in [0.1, 0.15) is 16.7 Å². The maximum absolute atomic E-state index is 4.39. The third-order valence-electron chi connectivity index (χ3n) is 8.22. The Morgan fingerprint density at radius 3 is 1.26 bits per heavy atom. The smallest absolute Gasteiger partial charge is 0.233 e. The van der Waals surface area contributed by atoms with Crippen molar-refractivity contribution in [2.75, 3.05) is 0 Å². The summed E-state index contributed by atoms with van der Waals surface area (Å²) in [6.45, 7) is 6.23. The molecule has 0 bridgehead atoms. The van der Waals surface area contributed by atoms with E-state index >= 15 is 0 Å². The fourth-order valence-corrected chi connectivity index (χ4v) is 6.27. The molecule has 0 saturated heterocycles. The molecule has 1 aromatic heterocycles. The van der Waals surface area contributed by atoms with E-state index in [2.05, 4.69) is 164 Å². The summed E-state index contributed by atoms with van der Waals surface area (Å²) in [4.78, 5) is 0. The molecule has 0 unspecified atom stereocenters. The van der Waals surface area contributed by atoms with Gasteiger partial charge in [-0.3, -0.25) is 0 Å². The molecule has 0 atom stereocenters. The van der Waals surface area contributed by atoms with Crippen molar-refractivity contribution < 1.29 is 4.57 Å². The van der Waals surface area contributed by atoms with E-state index in [1.165, 1.54) is 27.4 Å². The minimum Gasteiger partial charge on any atom is -0.233 e. The normalized spacial score (nSPS) is 11.3. The first-order valence-electron chi connectivity index (χ1n) is 14.8. The molecule has 5 aromatic carbocycles. The summed E-state index contributed by atoms with van der Waals surface area (Å²) >= 11 is 0. The number of azo groups is 1. The van der Waals surface area contributed by atoms with Gasteiger partial charge in [0, 0.05) is 5.11 Å². The number of hydrogen-bond acceptors (Lipinski definition) is 2. The van der Waals surface area contributed by atoms with Gasteiger partial charge in [0.2, 0.25) is 0 Å².